The number of aliphatic carboxylic acids is 1. The number of hydrogen-bond donors (Lipinski definition) is 2. The molecule has 0 saturated carbocycles. The van der Waals surface area contributed by atoms with Crippen LogP contribution in [0.2, 0.25) is 0 Å². The molecule has 0 heterocycles. The van der Waals surface area contributed by atoms with Gasteiger partial charge in [-0.25, -0.2) is 9.36 Å². The van der Waals surface area contributed by atoms with E-state index in [1.807, 2.05) is 25.2 Å². The number of allylic oxidation sites excluding steroid dienone is 10. The van der Waals surface area contributed by atoms with Gasteiger partial charge in [0.1, 0.15) is 6.61 Å². The fourth-order valence-electron chi connectivity index (χ4n) is 8.55. The summed E-state index contributed by atoms with van der Waals surface area (Å²) in [5, 5.41) is 7.12. The third-order valence-electron chi connectivity index (χ3n) is 13.1. The maximum absolute atomic E-state index is 12.8. The van der Waals surface area contributed by atoms with E-state index in [1.54, 1.807) is 6.21 Å². The first-order chi connectivity index (χ1) is 35.2. The molecule has 0 spiro atoms. The van der Waals surface area contributed by atoms with Crippen molar-refractivity contribution in [3.63, 3.8) is 0 Å². The highest BCUT2D eigenvalue weighted by molar-refractivity contribution is 7.47. The second-order valence-corrected chi connectivity index (χ2v) is 22.1. The Kier molecular flexibility index (Phi) is 42.8. The van der Waals surface area contributed by atoms with Crippen molar-refractivity contribution in [1.29, 1.82) is 0 Å². The SMILES string of the molecule is CCCCCCCCCCCCCCCC(=O)OCC(COP(=O)(O)OCCN=C/C=C(C)/C=C/C=C(C)/C=C/C1=C(C)CCCC1(C)C)OC(=O)CCCCCCCCCCCCCCC.O=C(O)C(F)(F)F. The van der Waals surface area contributed by atoms with Crippen LogP contribution in [0.4, 0.5) is 13.2 Å². The first kappa shape index (κ1) is 70.7. The van der Waals surface area contributed by atoms with E-state index < -0.39 is 38.6 Å². The standard InChI is InChI=1S/C57H100NO8P.C2HF3O2/c1-8-10-12-14-16-18-20-22-24-26-28-30-32-39-55(59)63-48-53(66-56(60)40-33-31-29-27-25-23-21-19-17-15-13-11-9-2)49-65-67(61,62)64-47-46-58-45-43-51(4)37-34-36-50(3)41-42-54-52(5)38-35-44-57(54,6)7;3-2(4,5)1(6)7/h34,36-37,41-43,45,53H,8-33,35,38-40,44,46-49H2,1-7H3,(H,61,62);(H,6,7)/b37-34+,42-41+,50-36+,51-43+,58-45?;. The summed E-state index contributed by atoms with van der Waals surface area (Å²) in [4.78, 5) is 49.1. The number of carboxylic acids is 1. The smallest absolute Gasteiger partial charge is 0.475 e. The maximum Gasteiger partial charge on any atom is 0.490 e. The molecule has 0 aromatic rings. The summed E-state index contributed by atoms with van der Waals surface area (Å²) in [5.41, 5.74) is 5.32. The molecule has 0 saturated heterocycles. The first-order valence-corrected chi connectivity index (χ1v) is 29.9. The number of carbonyl (C=O) groups excluding carboxylic acids is 2. The lowest BCUT2D eigenvalue weighted by molar-refractivity contribution is -0.192. The second kappa shape index (κ2) is 44.8. The number of hydrogen-bond acceptors (Lipinski definition) is 9. The molecule has 11 nitrogen and oxygen atoms in total. The van der Waals surface area contributed by atoms with E-state index in [0.717, 1.165) is 44.1 Å². The fraction of sp³-hybridized carbons (Fsp3) is 0.763. The summed E-state index contributed by atoms with van der Waals surface area (Å²) >= 11 is 0. The number of alkyl halides is 3. The quantitative estimate of drug-likeness (QED) is 0.0198. The number of carbonyl (C=O) groups is 3. The summed E-state index contributed by atoms with van der Waals surface area (Å²) in [6, 6.07) is 0. The zero-order chi connectivity index (χ0) is 55.4. The van der Waals surface area contributed by atoms with Crippen LogP contribution in [0.3, 0.4) is 0 Å². The topological polar surface area (TPSA) is 158 Å². The molecule has 0 aromatic heterocycles. The molecular weight excluding hydrogens is 971 g/mol. The predicted octanol–water partition coefficient (Wildman–Crippen LogP) is 17.8. The number of ether oxygens (including phenoxy) is 2. The van der Waals surface area contributed by atoms with E-state index in [2.05, 4.69) is 64.8 Å². The molecule has 74 heavy (non-hydrogen) atoms. The molecule has 0 fully saturated rings. The monoisotopic (exact) mass is 1070 g/mol. The van der Waals surface area contributed by atoms with E-state index in [4.69, 9.17) is 28.4 Å². The van der Waals surface area contributed by atoms with Gasteiger partial charge in [-0.15, -0.1) is 0 Å². The third kappa shape index (κ3) is 42.9. The van der Waals surface area contributed by atoms with Crippen molar-refractivity contribution in [3.05, 3.63) is 58.7 Å². The lowest BCUT2D eigenvalue weighted by Crippen LogP contribution is -2.29. The van der Waals surface area contributed by atoms with Gasteiger partial charge in [0.25, 0.3) is 0 Å². The first-order valence-electron chi connectivity index (χ1n) is 28.4. The van der Waals surface area contributed by atoms with Crippen LogP contribution in [0.15, 0.2) is 63.7 Å². The Labute approximate surface area is 446 Å². The van der Waals surface area contributed by atoms with Crippen molar-refractivity contribution in [2.75, 3.05) is 26.4 Å². The lowest BCUT2D eigenvalue weighted by atomic mass is 9.72. The van der Waals surface area contributed by atoms with Crippen LogP contribution in [0.1, 0.15) is 248 Å². The molecule has 2 unspecified atom stereocenters. The number of phosphoric ester groups is 1. The Bertz CT molecular complexity index is 1740. The highest BCUT2D eigenvalue weighted by atomic mass is 31.2. The molecule has 0 bridgehead atoms. The van der Waals surface area contributed by atoms with Crippen molar-refractivity contribution < 1.29 is 60.6 Å². The summed E-state index contributed by atoms with van der Waals surface area (Å²) in [6.45, 7) is 14.8. The summed E-state index contributed by atoms with van der Waals surface area (Å²) in [6.07, 6.45) is 43.6. The Morgan fingerprint density at radius 1 is 0.689 bits per heavy atom. The van der Waals surface area contributed by atoms with Gasteiger partial charge in [0.2, 0.25) is 0 Å². The average Bonchev–Trinajstić information content (AvgIpc) is 3.33. The van der Waals surface area contributed by atoms with Gasteiger partial charge in [0, 0.05) is 19.1 Å². The Balaban J connectivity index is 0.00000705. The van der Waals surface area contributed by atoms with Gasteiger partial charge in [0.15, 0.2) is 6.10 Å². The van der Waals surface area contributed by atoms with Crippen LogP contribution in [-0.2, 0) is 37.5 Å². The molecule has 1 aliphatic carbocycles. The second-order valence-electron chi connectivity index (χ2n) is 20.7. The number of rotatable bonds is 43. The van der Waals surface area contributed by atoms with Crippen molar-refractivity contribution in [2.24, 2.45) is 10.4 Å². The number of halogens is 3. The minimum absolute atomic E-state index is 0.144. The Morgan fingerprint density at radius 3 is 1.59 bits per heavy atom. The Morgan fingerprint density at radius 2 is 1.14 bits per heavy atom. The maximum atomic E-state index is 12.8. The minimum atomic E-state index is -5.08. The molecule has 428 valence electrons. The normalized spacial score (nSPS) is 15.7. The van der Waals surface area contributed by atoms with Crippen LogP contribution in [0, 0.1) is 5.41 Å². The van der Waals surface area contributed by atoms with E-state index in [9.17, 15) is 32.2 Å². The van der Waals surface area contributed by atoms with Gasteiger partial charge in [-0.3, -0.25) is 23.6 Å². The van der Waals surface area contributed by atoms with Crippen molar-refractivity contribution in [1.82, 2.24) is 0 Å². The van der Waals surface area contributed by atoms with Crippen LogP contribution >= 0.6 is 7.82 Å². The number of aliphatic imine (C=N–C) groups is 1. The number of carboxylic acid groups (broad SMARTS) is 1. The molecule has 15 heteroatoms. The fourth-order valence-corrected chi connectivity index (χ4v) is 9.29. The number of unbranched alkanes of at least 4 members (excludes halogenated alkanes) is 24. The van der Waals surface area contributed by atoms with Crippen molar-refractivity contribution >= 4 is 31.9 Å². The number of phosphoric acid groups is 1. The minimum Gasteiger partial charge on any atom is -0.475 e. The van der Waals surface area contributed by atoms with Gasteiger partial charge < -0.3 is 19.5 Å². The van der Waals surface area contributed by atoms with Crippen LogP contribution in [0.5, 0.6) is 0 Å². The van der Waals surface area contributed by atoms with Gasteiger partial charge in [-0.2, -0.15) is 13.2 Å². The van der Waals surface area contributed by atoms with Gasteiger partial charge >= 0.3 is 31.9 Å². The zero-order valence-electron chi connectivity index (χ0n) is 47.1. The van der Waals surface area contributed by atoms with Crippen molar-refractivity contribution in [3.8, 4) is 0 Å². The lowest BCUT2D eigenvalue weighted by Gasteiger charge is -2.32. The number of esters is 2. The highest BCUT2D eigenvalue weighted by Gasteiger charge is 2.38. The van der Waals surface area contributed by atoms with Crippen LogP contribution in [-0.4, -0.2) is 72.8 Å². The van der Waals surface area contributed by atoms with E-state index in [-0.39, 0.29) is 44.0 Å². The zero-order valence-corrected chi connectivity index (χ0v) is 48.0. The molecule has 0 radical (unpaired) electrons. The van der Waals surface area contributed by atoms with E-state index >= 15 is 0 Å². The van der Waals surface area contributed by atoms with Crippen molar-refractivity contribution in [2.45, 2.75) is 260 Å². The molecule has 2 N–H and O–H groups in total. The number of nitrogens with zero attached hydrogens (tertiary/aromatic N) is 1. The third-order valence-corrected chi connectivity index (χ3v) is 14.0. The van der Waals surface area contributed by atoms with E-state index in [1.165, 1.54) is 158 Å². The predicted molar refractivity (Wildman–Crippen MR) is 296 cm³/mol. The van der Waals surface area contributed by atoms with Crippen LogP contribution in [0.25, 0.3) is 0 Å². The molecule has 2 atom stereocenters. The summed E-state index contributed by atoms with van der Waals surface area (Å²) in [7, 11) is -4.50. The molecule has 0 aromatic carbocycles. The highest BCUT2D eigenvalue weighted by Crippen LogP contribution is 2.43. The largest absolute Gasteiger partial charge is 0.490 e. The molecule has 0 amide bonds. The van der Waals surface area contributed by atoms with Gasteiger partial charge in [0.05, 0.1) is 19.8 Å². The molecule has 0 aliphatic heterocycles. The summed E-state index contributed by atoms with van der Waals surface area (Å²) < 4.78 is 66.0. The molecule has 1 aliphatic rings. The molecule has 1 rings (SSSR count). The molecular formula is C59H101F3NO10P. The van der Waals surface area contributed by atoms with Gasteiger partial charge in [-0.1, -0.05) is 223 Å². The Hall–Kier alpha value is -3.32. The van der Waals surface area contributed by atoms with Gasteiger partial charge in [-0.05, 0) is 75.5 Å². The van der Waals surface area contributed by atoms with Crippen LogP contribution < -0.4 is 0 Å². The van der Waals surface area contributed by atoms with E-state index in [0.29, 0.717) is 6.42 Å². The summed E-state index contributed by atoms with van der Waals surface area (Å²) in [5.74, 6) is -3.58. The average molecular weight is 1070 g/mol.